The molecule has 1 heterocycles. The largest absolute Gasteiger partial charge is 0.322 e. The molecular formula is C19H21N3O. The van der Waals surface area contributed by atoms with Gasteiger partial charge < -0.3 is 4.90 Å². The maximum absolute atomic E-state index is 12.1. The molecule has 2 aromatic carbocycles. The summed E-state index contributed by atoms with van der Waals surface area (Å²) < 4.78 is 0. The van der Waals surface area contributed by atoms with Crippen LogP contribution in [0.3, 0.4) is 0 Å². The van der Waals surface area contributed by atoms with Gasteiger partial charge >= 0.3 is 0 Å². The standard InChI is InChI=1S/C19H21N3O/c1-14-8-3-5-11-17(14)20-21-19(15(2)23)22-13-7-10-16-9-4-6-12-18(16)22/h3-6,8-9,11-12,20H,7,10,13H2,1-2H3/b21-19+. The van der Waals surface area contributed by atoms with Crippen LogP contribution in [-0.4, -0.2) is 18.2 Å². The van der Waals surface area contributed by atoms with E-state index in [1.807, 2.05) is 48.2 Å². The van der Waals surface area contributed by atoms with E-state index >= 15 is 0 Å². The van der Waals surface area contributed by atoms with Gasteiger partial charge in [0.1, 0.15) is 0 Å². The lowest BCUT2D eigenvalue weighted by molar-refractivity contribution is -0.111. The lowest BCUT2D eigenvalue weighted by Gasteiger charge is -2.31. The molecule has 0 fully saturated rings. The number of nitrogens with zero attached hydrogens (tertiary/aromatic N) is 2. The molecule has 1 aliphatic rings. The summed E-state index contributed by atoms with van der Waals surface area (Å²) in [5.41, 5.74) is 7.41. The molecule has 4 nitrogen and oxygen atoms in total. The third-order valence-corrected chi connectivity index (χ3v) is 4.11. The van der Waals surface area contributed by atoms with Gasteiger partial charge in [-0.25, -0.2) is 0 Å². The van der Waals surface area contributed by atoms with Gasteiger partial charge in [-0.05, 0) is 43.0 Å². The zero-order valence-electron chi connectivity index (χ0n) is 13.5. The topological polar surface area (TPSA) is 44.7 Å². The maximum Gasteiger partial charge on any atom is 0.197 e. The minimum absolute atomic E-state index is 0.0391. The average Bonchev–Trinajstić information content (AvgIpc) is 2.56. The number of amidine groups is 1. The molecule has 0 atom stereocenters. The highest BCUT2D eigenvalue weighted by Gasteiger charge is 2.23. The summed E-state index contributed by atoms with van der Waals surface area (Å²) in [6.45, 7) is 4.39. The molecule has 0 spiro atoms. The van der Waals surface area contributed by atoms with Gasteiger partial charge in [0.25, 0.3) is 0 Å². The number of rotatable bonds is 3. The van der Waals surface area contributed by atoms with Crippen molar-refractivity contribution in [2.24, 2.45) is 5.10 Å². The van der Waals surface area contributed by atoms with Crippen LogP contribution >= 0.6 is 0 Å². The van der Waals surface area contributed by atoms with Crippen LogP contribution in [0.15, 0.2) is 53.6 Å². The third kappa shape index (κ3) is 3.26. The highest BCUT2D eigenvalue weighted by molar-refractivity contribution is 6.43. The second kappa shape index (κ2) is 6.65. The van der Waals surface area contributed by atoms with Crippen LogP contribution in [0.2, 0.25) is 0 Å². The van der Waals surface area contributed by atoms with Gasteiger partial charge in [-0.1, -0.05) is 36.4 Å². The van der Waals surface area contributed by atoms with Crippen LogP contribution in [0.1, 0.15) is 24.5 Å². The van der Waals surface area contributed by atoms with E-state index in [0.29, 0.717) is 5.84 Å². The summed E-state index contributed by atoms with van der Waals surface area (Å²) in [6, 6.07) is 16.1. The van der Waals surface area contributed by atoms with Gasteiger partial charge in [0.05, 0.1) is 5.69 Å². The number of aryl methyl sites for hydroxylation is 2. The van der Waals surface area contributed by atoms with Crippen LogP contribution in [0, 0.1) is 6.92 Å². The van der Waals surface area contributed by atoms with Crippen LogP contribution in [0.25, 0.3) is 0 Å². The van der Waals surface area contributed by atoms with Crippen LogP contribution in [-0.2, 0) is 11.2 Å². The zero-order valence-corrected chi connectivity index (χ0v) is 13.5. The number of Topliss-reactive ketones (excluding diaryl/α,β-unsaturated/α-hetero) is 1. The minimum atomic E-state index is -0.0391. The molecule has 3 rings (SSSR count). The normalized spacial score (nSPS) is 14.3. The zero-order chi connectivity index (χ0) is 16.2. The van der Waals surface area contributed by atoms with E-state index in [1.54, 1.807) is 6.92 Å². The first-order chi connectivity index (χ1) is 11.2. The SMILES string of the molecule is CC(=O)/C(=N\Nc1ccccc1C)N1CCCc2ccccc21. The van der Waals surface area contributed by atoms with Gasteiger partial charge in [-0.2, -0.15) is 5.10 Å². The first kappa shape index (κ1) is 15.3. The van der Waals surface area contributed by atoms with Gasteiger partial charge in [0, 0.05) is 19.2 Å². The number of hydrogen-bond acceptors (Lipinski definition) is 3. The summed E-state index contributed by atoms with van der Waals surface area (Å²) >= 11 is 0. The van der Waals surface area contributed by atoms with Crippen molar-refractivity contribution in [1.82, 2.24) is 0 Å². The fourth-order valence-corrected chi connectivity index (χ4v) is 2.89. The molecule has 118 valence electrons. The minimum Gasteiger partial charge on any atom is -0.322 e. The van der Waals surface area contributed by atoms with Crippen LogP contribution < -0.4 is 10.3 Å². The molecule has 1 N–H and O–H groups in total. The molecule has 1 aliphatic heterocycles. The first-order valence-electron chi connectivity index (χ1n) is 7.92. The lowest BCUT2D eigenvalue weighted by atomic mass is 10.0. The number of hydrazone groups is 1. The van der Waals surface area contributed by atoms with Gasteiger partial charge in [-0.3, -0.25) is 10.2 Å². The molecule has 0 unspecified atom stereocenters. The van der Waals surface area contributed by atoms with Crippen molar-refractivity contribution in [3.63, 3.8) is 0 Å². The Bertz CT molecular complexity index is 752. The van der Waals surface area contributed by atoms with Crippen LogP contribution in [0.4, 0.5) is 11.4 Å². The molecule has 0 saturated carbocycles. The molecule has 0 amide bonds. The van der Waals surface area contributed by atoms with Gasteiger partial charge in [0.15, 0.2) is 11.6 Å². The van der Waals surface area contributed by atoms with Crippen LogP contribution in [0.5, 0.6) is 0 Å². The quantitative estimate of drug-likeness (QED) is 0.533. The summed E-state index contributed by atoms with van der Waals surface area (Å²) in [6.07, 6.45) is 2.07. The smallest absolute Gasteiger partial charge is 0.197 e. The second-order valence-corrected chi connectivity index (χ2v) is 5.80. The van der Waals surface area contributed by atoms with E-state index in [9.17, 15) is 4.79 Å². The molecule has 0 saturated heterocycles. The molecule has 23 heavy (non-hydrogen) atoms. The summed E-state index contributed by atoms with van der Waals surface area (Å²) in [5, 5.41) is 4.42. The number of ketones is 1. The van der Waals surface area contributed by atoms with Crippen molar-refractivity contribution in [1.29, 1.82) is 0 Å². The maximum atomic E-state index is 12.1. The Morgan fingerprint density at radius 2 is 1.87 bits per heavy atom. The van der Waals surface area contributed by atoms with Crippen molar-refractivity contribution >= 4 is 23.0 Å². The fraction of sp³-hybridized carbons (Fsp3) is 0.263. The van der Waals surface area contributed by atoms with Crippen molar-refractivity contribution in [2.45, 2.75) is 26.7 Å². The summed E-state index contributed by atoms with van der Waals surface area (Å²) in [5.74, 6) is 0.420. The first-order valence-corrected chi connectivity index (χ1v) is 7.92. The van der Waals surface area contributed by atoms with E-state index in [0.717, 1.165) is 36.3 Å². The Morgan fingerprint density at radius 3 is 2.65 bits per heavy atom. The van der Waals surface area contributed by atoms with Crippen molar-refractivity contribution in [3.05, 3.63) is 59.7 Å². The predicted molar refractivity (Wildman–Crippen MR) is 95.0 cm³/mol. The number of hydrogen-bond donors (Lipinski definition) is 1. The third-order valence-electron chi connectivity index (χ3n) is 4.11. The Hall–Kier alpha value is -2.62. The number of carbonyl (C=O) groups excluding carboxylic acids is 1. The van der Waals surface area contributed by atoms with E-state index in [-0.39, 0.29) is 5.78 Å². The number of nitrogens with one attached hydrogen (secondary N) is 1. The van der Waals surface area contributed by atoms with Crippen molar-refractivity contribution in [3.8, 4) is 0 Å². The number of anilines is 2. The average molecular weight is 307 g/mol. The Labute approximate surface area is 136 Å². The van der Waals surface area contributed by atoms with Gasteiger partial charge in [0.2, 0.25) is 0 Å². The Kier molecular flexibility index (Phi) is 4.42. The van der Waals surface area contributed by atoms with Crippen molar-refractivity contribution in [2.75, 3.05) is 16.9 Å². The second-order valence-electron chi connectivity index (χ2n) is 5.80. The summed E-state index contributed by atoms with van der Waals surface area (Å²) in [4.78, 5) is 14.2. The Morgan fingerprint density at radius 1 is 1.13 bits per heavy atom. The number of para-hydroxylation sites is 2. The van der Waals surface area contributed by atoms with Gasteiger partial charge in [-0.15, -0.1) is 0 Å². The molecule has 0 aromatic heterocycles. The van der Waals surface area contributed by atoms with E-state index in [4.69, 9.17) is 0 Å². The molecule has 2 aromatic rings. The molecule has 0 radical (unpaired) electrons. The lowest BCUT2D eigenvalue weighted by Crippen LogP contribution is -2.40. The summed E-state index contributed by atoms with van der Waals surface area (Å²) in [7, 11) is 0. The highest BCUT2D eigenvalue weighted by atomic mass is 16.1. The molecule has 4 heteroatoms. The van der Waals surface area contributed by atoms with Crippen molar-refractivity contribution < 1.29 is 4.79 Å². The predicted octanol–water partition coefficient (Wildman–Crippen LogP) is 3.76. The number of carbonyl (C=O) groups is 1. The molecular weight excluding hydrogens is 286 g/mol. The fourth-order valence-electron chi connectivity index (χ4n) is 2.89. The van der Waals surface area contributed by atoms with E-state index in [2.05, 4.69) is 22.7 Å². The monoisotopic (exact) mass is 307 g/mol. The Balaban J connectivity index is 1.93. The molecule has 0 bridgehead atoms. The number of fused-ring (bicyclic) bond motifs is 1. The highest BCUT2D eigenvalue weighted by Crippen LogP contribution is 2.27. The molecule has 0 aliphatic carbocycles. The van der Waals surface area contributed by atoms with E-state index < -0.39 is 0 Å². The van der Waals surface area contributed by atoms with E-state index in [1.165, 1.54) is 5.56 Å². The number of benzene rings is 2.